The third-order valence-corrected chi connectivity index (χ3v) is 2.63. The second kappa shape index (κ2) is 4.03. The molecule has 0 aliphatic heterocycles. The molecule has 18 heavy (non-hydrogen) atoms. The minimum Gasteiger partial charge on any atom is -0.298 e. The standard InChI is InChI=1S/C13H8FN3O/c14-11-6-2-1-5-10(11)12-15-13-9(8-18)4-3-7-17(13)16-12/h1-8H. The molecule has 0 atom stereocenters. The van der Waals surface area contributed by atoms with E-state index in [9.17, 15) is 9.18 Å². The fourth-order valence-electron chi connectivity index (χ4n) is 1.78. The third-order valence-electron chi connectivity index (χ3n) is 2.63. The van der Waals surface area contributed by atoms with Gasteiger partial charge in [-0.2, -0.15) is 0 Å². The van der Waals surface area contributed by atoms with E-state index in [1.165, 1.54) is 10.6 Å². The number of hydrogen-bond donors (Lipinski definition) is 0. The largest absolute Gasteiger partial charge is 0.298 e. The van der Waals surface area contributed by atoms with Crippen molar-refractivity contribution in [2.75, 3.05) is 0 Å². The van der Waals surface area contributed by atoms with Gasteiger partial charge in [0.2, 0.25) is 0 Å². The van der Waals surface area contributed by atoms with E-state index in [4.69, 9.17) is 0 Å². The van der Waals surface area contributed by atoms with Gasteiger partial charge in [-0.05, 0) is 24.3 Å². The maximum absolute atomic E-state index is 13.6. The van der Waals surface area contributed by atoms with E-state index in [2.05, 4.69) is 10.1 Å². The maximum Gasteiger partial charge on any atom is 0.185 e. The molecular weight excluding hydrogens is 233 g/mol. The predicted octanol–water partition coefficient (Wildman–Crippen LogP) is 2.35. The molecule has 0 aliphatic carbocycles. The van der Waals surface area contributed by atoms with E-state index >= 15 is 0 Å². The Kier molecular flexibility index (Phi) is 2.37. The summed E-state index contributed by atoms with van der Waals surface area (Å²) in [6.45, 7) is 0. The van der Waals surface area contributed by atoms with E-state index in [-0.39, 0.29) is 11.6 Å². The summed E-state index contributed by atoms with van der Waals surface area (Å²) < 4.78 is 15.1. The number of benzene rings is 1. The topological polar surface area (TPSA) is 47.3 Å². The van der Waals surface area contributed by atoms with Crippen LogP contribution >= 0.6 is 0 Å². The number of rotatable bonds is 2. The van der Waals surface area contributed by atoms with Crippen molar-refractivity contribution in [3.05, 3.63) is 54.0 Å². The molecule has 3 aromatic rings. The molecule has 5 heteroatoms. The Labute approximate surface area is 102 Å². The zero-order chi connectivity index (χ0) is 12.5. The lowest BCUT2D eigenvalue weighted by Crippen LogP contribution is -1.90. The number of fused-ring (bicyclic) bond motifs is 1. The number of pyridine rings is 1. The number of aldehydes is 1. The van der Waals surface area contributed by atoms with Crippen LogP contribution in [0.4, 0.5) is 4.39 Å². The fraction of sp³-hybridized carbons (Fsp3) is 0. The molecule has 3 rings (SSSR count). The Balaban J connectivity index is 2.26. The normalized spacial score (nSPS) is 10.7. The summed E-state index contributed by atoms with van der Waals surface area (Å²) in [7, 11) is 0. The van der Waals surface area contributed by atoms with Crippen LogP contribution in [0, 0.1) is 5.82 Å². The molecule has 88 valence electrons. The maximum atomic E-state index is 13.6. The first-order valence-electron chi connectivity index (χ1n) is 5.35. The van der Waals surface area contributed by atoms with Crippen LogP contribution in [-0.4, -0.2) is 20.9 Å². The molecule has 0 spiro atoms. The molecule has 0 fully saturated rings. The second-order valence-electron chi connectivity index (χ2n) is 3.76. The van der Waals surface area contributed by atoms with Crippen molar-refractivity contribution in [3.63, 3.8) is 0 Å². The summed E-state index contributed by atoms with van der Waals surface area (Å²) in [5.41, 5.74) is 1.16. The highest BCUT2D eigenvalue weighted by molar-refractivity contribution is 5.84. The van der Waals surface area contributed by atoms with Crippen molar-refractivity contribution in [2.45, 2.75) is 0 Å². The summed E-state index contributed by atoms with van der Waals surface area (Å²) in [5.74, 6) is -0.122. The van der Waals surface area contributed by atoms with Crippen LogP contribution in [0.1, 0.15) is 10.4 Å². The second-order valence-corrected chi connectivity index (χ2v) is 3.76. The molecule has 2 aromatic heterocycles. The minimum atomic E-state index is -0.388. The smallest absolute Gasteiger partial charge is 0.185 e. The molecule has 2 heterocycles. The summed E-state index contributed by atoms with van der Waals surface area (Å²) in [5, 5.41) is 4.16. The highest BCUT2D eigenvalue weighted by Crippen LogP contribution is 2.20. The molecule has 4 nitrogen and oxygen atoms in total. The van der Waals surface area contributed by atoms with Gasteiger partial charge in [0.15, 0.2) is 17.8 Å². The average molecular weight is 241 g/mol. The molecule has 0 bridgehead atoms. The van der Waals surface area contributed by atoms with Crippen LogP contribution in [0.15, 0.2) is 42.6 Å². The first kappa shape index (κ1) is 10.6. The van der Waals surface area contributed by atoms with Crippen LogP contribution in [0.5, 0.6) is 0 Å². The SMILES string of the molecule is O=Cc1cccn2nc(-c3ccccc3F)nc12. The van der Waals surface area contributed by atoms with Gasteiger partial charge in [-0.15, -0.1) is 5.10 Å². The third kappa shape index (κ3) is 1.57. The molecule has 0 radical (unpaired) electrons. The van der Waals surface area contributed by atoms with Gasteiger partial charge in [-0.25, -0.2) is 13.9 Å². The van der Waals surface area contributed by atoms with Gasteiger partial charge < -0.3 is 0 Å². The van der Waals surface area contributed by atoms with Crippen molar-refractivity contribution in [3.8, 4) is 11.4 Å². The zero-order valence-corrected chi connectivity index (χ0v) is 9.25. The number of hydrogen-bond acceptors (Lipinski definition) is 3. The van der Waals surface area contributed by atoms with Gasteiger partial charge in [0.25, 0.3) is 0 Å². The van der Waals surface area contributed by atoms with E-state index in [0.29, 0.717) is 23.1 Å². The monoisotopic (exact) mass is 241 g/mol. The van der Waals surface area contributed by atoms with Crippen LogP contribution in [0.25, 0.3) is 17.0 Å². The van der Waals surface area contributed by atoms with Crippen molar-refractivity contribution in [1.29, 1.82) is 0 Å². The van der Waals surface area contributed by atoms with Crippen molar-refractivity contribution < 1.29 is 9.18 Å². The minimum absolute atomic E-state index is 0.266. The van der Waals surface area contributed by atoms with Gasteiger partial charge in [-0.3, -0.25) is 4.79 Å². The van der Waals surface area contributed by atoms with E-state index in [0.717, 1.165) is 0 Å². The molecule has 1 aromatic carbocycles. The first-order valence-corrected chi connectivity index (χ1v) is 5.35. The van der Waals surface area contributed by atoms with Crippen molar-refractivity contribution in [1.82, 2.24) is 14.6 Å². The van der Waals surface area contributed by atoms with Gasteiger partial charge >= 0.3 is 0 Å². The summed E-state index contributed by atoms with van der Waals surface area (Å²) >= 11 is 0. The fourth-order valence-corrected chi connectivity index (χ4v) is 1.78. The Morgan fingerprint density at radius 3 is 2.78 bits per heavy atom. The van der Waals surface area contributed by atoms with Gasteiger partial charge in [0.1, 0.15) is 5.82 Å². The van der Waals surface area contributed by atoms with E-state index in [1.807, 2.05) is 0 Å². The Morgan fingerprint density at radius 2 is 2.00 bits per heavy atom. The van der Waals surface area contributed by atoms with Crippen molar-refractivity contribution >= 4 is 11.9 Å². The molecule has 0 unspecified atom stereocenters. The molecule has 0 saturated heterocycles. The summed E-state index contributed by atoms with van der Waals surface area (Å²) in [6.07, 6.45) is 2.37. The lowest BCUT2D eigenvalue weighted by atomic mass is 10.2. The predicted molar refractivity (Wildman–Crippen MR) is 63.8 cm³/mol. The van der Waals surface area contributed by atoms with Crippen LogP contribution in [0.3, 0.4) is 0 Å². The van der Waals surface area contributed by atoms with Gasteiger partial charge in [-0.1, -0.05) is 12.1 Å². The van der Waals surface area contributed by atoms with E-state index in [1.54, 1.807) is 36.5 Å². The number of halogens is 1. The summed E-state index contributed by atoms with van der Waals surface area (Å²) in [6, 6.07) is 9.60. The van der Waals surface area contributed by atoms with Crippen LogP contribution in [-0.2, 0) is 0 Å². The molecule has 0 aliphatic rings. The Bertz CT molecular complexity index is 736. The average Bonchev–Trinajstić information content (AvgIpc) is 2.82. The molecule has 0 amide bonds. The number of aromatic nitrogens is 3. The number of nitrogens with zero attached hydrogens (tertiary/aromatic N) is 3. The van der Waals surface area contributed by atoms with Crippen LogP contribution in [0.2, 0.25) is 0 Å². The highest BCUT2D eigenvalue weighted by atomic mass is 19.1. The molecular formula is C13H8FN3O. The van der Waals surface area contributed by atoms with E-state index < -0.39 is 0 Å². The number of carbonyl (C=O) groups excluding carboxylic acids is 1. The van der Waals surface area contributed by atoms with Gasteiger partial charge in [0, 0.05) is 6.20 Å². The summed E-state index contributed by atoms with van der Waals surface area (Å²) in [4.78, 5) is 15.1. The zero-order valence-electron chi connectivity index (χ0n) is 9.25. The Morgan fingerprint density at radius 1 is 1.17 bits per heavy atom. The first-order chi connectivity index (χ1) is 8.79. The van der Waals surface area contributed by atoms with Crippen LogP contribution < -0.4 is 0 Å². The lowest BCUT2D eigenvalue weighted by Gasteiger charge is -1.95. The molecule has 0 N–H and O–H groups in total. The van der Waals surface area contributed by atoms with Crippen molar-refractivity contribution in [2.24, 2.45) is 0 Å². The highest BCUT2D eigenvalue weighted by Gasteiger charge is 2.12. The lowest BCUT2D eigenvalue weighted by molar-refractivity contribution is 0.112. The van der Waals surface area contributed by atoms with Gasteiger partial charge in [0.05, 0.1) is 11.1 Å². The quantitative estimate of drug-likeness (QED) is 0.647. The molecule has 0 saturated carbocycles. The number of carbonyl (C=O) groups is 1. The Hall–Kier alpha value is -2.56.